The zero-order chi connectivity index (χ0) is 19.5. The fourth-order valence-corrected chi connectivity index (χ4v) is 3.02. The maximum atomic E-state index is 14.2. The summed E-state index contributed by atoms with van der Waals surface area (Å²) in [7, 11) is 0. The molecule has 2 heterocycles. The molecule has 0 saturated heterocycles. The van der Waals surface area contributed by atoms with Gasteiger partial charge in [-0.1, -0.05) is 24.3 Å². The summed E-state index contributed by atoms with van der Waals surface area (Å²) in [5.41, 5.74) is 1.98. The Labute approximate surface area is 162 Å². The average molecular weight is 377 g/mol. The molecule has 6 nitrogen and oxygen atoms in total. The van der Waals surface area contributed by atoms with E-state index in [4.69, 9.17) is 4.74 Å². The molecule has 1 atom stereocenters. The number of benzene rings is 2. The van der Waals surface area contributed by atoms with Gasteiger partial charge in [-0.25, -0.2) is 4.39 Å². The second-order valence-electron chi connectivity index (χ2n) is 6.36. The molecule has 1 unspecified atom stereocenters. The topological polar surface area (TPSA) is 64.3 Å². The number of ether oxygens (including phenoxy) is 1. The first-order valence-corrected chi connectivity index (χ1v) is 9.12. The van der Waals surface area contributed by atoms with Gasteiger partial charge in [0.25, 0.3) is 0 Å². The lowest BCUT2D eigenvalue weighted by molar-refractivity contribution is 0.340. The Morgan fingerprint density at radius 1 is 1.07 bits per heavy atom. The summed E-state index contributed by atoms with van der Waals surface area (Å²) in [6.45, 7) is 4.62. The Morgan fingerprint density at radius 3 is 2.75 bits per heavy atom. The largest absolute Gasteiger partial charge is 0.494 e. The first-order valence-electron chi connectivity index (χ1n) is 9.12. The van der Waals surface area contributed by atoms with Gasteiger partial charge in [-0.2, -0.15) is 4.52 Å². The predicted octanol–water partition coefficient (Wildman–Crippen LogP) is 4.50. The van der Waals surface area contributed by atoms with E-state index in [-0.39, 0.29) is 11.9 Å². The van der Waals surface area contributed by atoms with Crippen molar-refractivity contribution in [2.24, 2.45) is 0 Å². The van der Waals surface area contributed by atoms with Gasteiger partial charge < -0.3 is 10.1 Å². The highest BCUT2D eigenvalue weighted by Gasteiger charge is 2.14. The minimum atomic E-state index is -0.363. The number of nitrogens with one attached hydrogen (secondary N) is 1. The molecule has 2 aromatic heterocycles. The summed E-state index contributed by atoms with van der Waals surface area (Å²) in [6, 6.07) is 18.0. The summed E-state index contributed by atoms with van der Waals surface area (Å²) in [5, 5.41) is 16.1. The van der Waals surface area contributed by atoms with E-state index < -0.39 is 0 Å². The average Bonchev–Trinajstić information content (AvgIpc) is 3.12. The van der Waals surface area contributed by atoms with Crippen molar-refractivity contribution in [2.75, 3.05) is 11.9 Å². The molecule has 2 aromatic carbocycles. The molecule has 4 aromatic rings. The van der Waals surface area contributed by atoms with Crippen LogP contribution in [0.2, 0.25) is 0 Å². The van der Waals surface area contributed by atoms with Crippen LogP contribution in [0.5, 0.6) is 5.75 Å². The molecular formula is C21H20FN5O. The lowest BCUT2D eigenvalue weighted by atomic mass is 10.1. The normalized spacial score (nSPS) is 12.1. The van der Waals surface area contributed by atoms with Crippen LogP contribution in [0.1, 0.15) is 25.5 Å². The molecule has 28 heavy (non-hydrogen) atoms. The second kappa shape index (κ2) is 7.64. The number of hydrogen-bond acceptors (Lipinski definition) is 5. The van der Waals surface area contributed by atoms with Gasteiger partial charge in [-0.3, -0.25) is 0 Å². The van der Waals surface area contributed by atoms with Crippen LogP contribution >= 0.6 is 0 Å². The van der Waals surface area contributed by atoms with Crippen LogP contribution in [0, 0.1) is 5.82 Å². The highest BCUT2D eigenvalue weighted by Crippen LogP contribution is 2.24. The molecule has 0 radical (unpaired) electrons. The fraction of sp³-hybridized carbons (Fsp3) is 0.190. The highest BCUT2D eigenvalue weighted by atomic mass is 19.1. The van der Waals surface area contributed by atoms with E-state index in [0.717, 1.165) is 11.3 Å². The Balaban J connectivity index is 1.64. The predicted molar refractivity (Wildman–Crippen MR) is 106 cm³/mol. The van der Waals surface area contributed by atoms with E-state index in [1.807, 2.05) is 44.2 Å². The van der Waals surface area contributed by atoms with E-state index >= 15 is 0 Å². The molecule has 0 amide bonds. The van der Waals surface area contributed by atoms with Gasteiger partial charge in [-0.15, -0.1) is 15.3 Å². The van der Waals surface area contributed by atoms with E-state index in [1.165, 1.54) is 6.07 Å². The Morgan fingerprint density at radius 2 is 1.93 bits per heavy atom. The number of hydrogen-bond donors (Lipinski definition) is 1. The van der Waals surface area contributed by atoms with Gasteiger partial charge >= 0.3 is 0 Å². The van der Waals surface area contributed by atoms with Crippen LogP contribution in [-0.4, -0.2) is 26.4 Å². The maximum Gasteiger partial charge on any atom is 0.188 e. The van der Waals surface area contributed by atoms with Crippen LogP contribution in [0.4, 0.5) is 10.2 Å². The highest BCUT2D eigenvalue weighted by molar-refractivity contribution is 5.60. The van der Waals surface area contributed by atoms with Crippen molar-refractivity contribution >= 4 is 11.5 Å². The SMILES string of the molecule is CCOc1cccc(C(C)Nc2ccc3nnc(-c4ccccc4F)n3n2)c1. The third-order valence-corrected chi connectivity index (χ3v) is 4.41. The van der Waals surface area contributed by atoms with Gasteiger partial charge in [0.2, 0.25) is 0 Å². The van der Waals surface area contributed by atoms with Crippen LogP contribution < -0.4 is 10.1 Å². The van der Waals surface area contributed by atoms with Crippen LogP contribution in [0.25, 0.3) is 17.0 Å². The minimum Gasteiger partial charge on any atom is -0.494 e. The smallest absolute Gasteiger partial charge is 0.188 e. The molecule has 7 heteroatoms. The number of rotatable bonds is 6. The van der Waals surface area contributed by atoms with Gasteiger partial charge in [0.15, 0.2) is 11.5 Å². The first-order chi connectivity index (χ1) is 13.7. The van der Waals surface area contributed by atoms with Crippen molar-refractivity contribution in [3.05, 3.63) is 72.0 Å². The van der Waals surface area contributed by atoms with Gasteiger partial charge in [0.1, 0.15) is 17.4 Å². The van der Waals surface area contributed by atoms with Crippen molar-refractivity contribution in [1.82, 2.24) is 19.8 Å². The monoisotopic (exact) mass is 377 g/mol. The number of aromatic nitrogens is 4. The van der Waals surface area contributed by atoms with Crippen LogP contribution in [0.3, 0.4) is 0 Å². The molecule has 4 rings (SSSR count). The molecule has 0 spiro atoms. The Hall–Kier alpha value is -3.48. The molecule has 0 bridgehead atoms. The Bertz CT molecular complexity index is 1110. The quantitative estimate of drug-likeness (QED) is 0.536. The van der Waals surface area contributed by atoms with Crippen molar-refractivity contribution < 1.29 is 9.13 Å². The summed E-state index contributed by atoms with van der Waals surface area (Å²) < 4.78 is 21.3. The van der Waals surface area contributed by atoms with E-state index in [2.05, 4.69) is 20.6 Å². The number of nitrogens with zero attached hydrogens (tertiary/aromatic N) is 4. The van der Waals surface area contributed by atoms with E-state index in [1.54, 1.807) is 28.8 Å². The lowest BCUT2D eigenvalue weighted by Gasteiger charge is -2.16. The van der Waals surface area contributed by atoms with Crippen LogP contribution in [-0.2, 0) is 0 Å². The fourth-order valence-electron chi connectivity index (χ4n) is 3.02. The van der Waals surface area contributed by atoms with Crippen molar-refractivity contribution in [3.8, 4) is 17.1 Å². The molecule has 142 valence electrons. The summed E-state index contributed by atoms with van der Waals surface area (Å²) >= 11 is 0. The molecule has 0 aliphatic rings. The molecular weight excluding hydrogens is 357 g/mol. The molecule has 0 fully saturated rings. The first kappa shape index (κ1) is 17.9. The molecule has 0 aliphatic carbocycles. The van der Waals surface area contributed by atoms with E-state index in [9.17, 15) is 4.39 Å². The van der Waals surface area contributed by atoms with Gasteiger partial charge in [0, 0.05) is 0 Å². The molecule has 0 aliphatic heterocycles. The standard InChI is InChI=1S/C21H20FN5O/c1-3-28-16-8-6-7-15(13-16)14(2)23-19-11-12-20-24-25-21(27(20)26-19)17-9-4-5-10-18(17)22/h4-14H,3H2,1-2H3,(H,23,26). The summed E-state index contributed by atoms with van der Waals surface area (Å²) in [6.07, 6.45) is 0. The third kappa shape index (κ3) is 3.51. The number of fused-ring (bicyclic) bond motifs is 1. The maximum absolute atomic E-state index is 14.2. The van der Waals surface area contributed by atoms with Crippen LogP contribution in [0.15, 0.2) is 60.7 Å². The lowest BCUT2D eigenvalue weighted by Crippen LogP contribution is -2.10. The van der Waals surface area contributed by atoms with Crippen molar-refractivity contribution in [1.29, 1.82) is 0 Å². The zero-order valence-corrected chi connectivity index (χ0v) is 15.6. The summed E-state index contributed by atoms with van der Waals surface area (Å²) in [4.78, 5) is 0. The minimum absolute atomic E-state index is 0.00116. The van der Waals surface area contributed by atoms with E-state index in [0.29, 0.717) is 29.5 Å². The zero-order valence-electron chi connectivity index (χ0n) is 15.6. The molecule has 1 N–H and O–H groups in total. The summed E-state index contributed by atoms with van der Waals surface area (Å²) in [5.74, 6) is 1.47. The Kier molecular flexibility index (Phi) is 4.89. The van der Waals surface area contributed by atoms with Crippen molar-refractivity contribution in [2.45, 2.75) is 19.9 Å². The van der Waals surface area contributed by atoms with Gasteiger partial charge in [0.05, 0.1) is 18.2 Å². The van der Waals surface area contributed by atoms with Gasteiger partial charge in [-0.05, 0) is 55.8 Å². The van der Waals surface area contributed by atoms with Crippen molar-refractivity contribution in [3.63, 3.8) is 0 Å². The number of anilines is 1. The second-order valence-corrected chi connectivity index (χ2v) is 6.36. The number of halogens is 1. The molecule has 0 saturated carbocycles. The third-order valence-electron chi connectivity index (χ3n) is 4.41.